The number of carbonyl (C=O) groups is 4. The summed E-state index contributed by atoms with van der Waals surface area (Å²) in [5.74, 6) is -1.89. The number of nitrogens with zero attached hydrogens (tertiary/aromatic N) is 3. The average Bonchev–Trinajstić information content (AvgIpc) is 3.11. The second kappa shape index (κ2) is 9.00. The summed E-state index contributed by atoms with van der Waals surface area (Å²) < 4.78 is 0. The molecule has 8 heteroatoms. The van der Waals surface area contributed by atoms with Crippen LogP contribution in [-0.2, 0) is 19.2 Å². The Morgan fingerprint density at radius 2 is 1.77 bits per heavy atom. The normalized spacial score (nSPS) is 23.0. The van der Waals surface area contributed by atoms with E-state index in [1.807, 2.05) is 6.92 Å². The topological polar surface area (TPSA) is 98.2 Å². The van der Waals surface area contributed by atoms with E-state index in [1.54, 1.807) is 11.9 Å². The van der Waals surface area contributed by atoms with Crippen LogP contribution in [0.15, 0.2) is 0 Å². The Labute approximate surface area is 154 Å². The molecule has 0 aliphatic carbocycles. The molecule has 0 bridgehead atoms. The third-order valence-corrected chi connectivity index (χ3v) is 5.19. The molecule has 0 aromatic carbocycles. The number of hydrogen-bond acceptors (Lipinski definition) is 4. The van der Waals surface area contributed by atoms with Gasteiger partial charge in [-0.3, -0.25) is 19.2 Å². The first-order chi connectivity index (χ1) is 12.3. The van der Waals surface area contributed by atoms with Crippen molar-refractivity contribution >= 4 is 23.7 Å². The fraction of sp³-hybridized carbons (Fsp3) is 0.778. The Hall–Kier alpha value is -2.12. The maximum absolute atomic E-state index is 12.7. The van der Waals surface area contributed by atoms with Gasteiger partial charge in [0.25, 0.3) is 0 Å². The zero-order valence-corrected chi connectivity index (χ0v) is 15.6. The maximum Gasteiger partial charge on any atom is 0.308 e. The van der Waals surface area contributed by atoms with Gasteiger partial charge in [-0.05, 0) is 32.1 Å². The second-order valence-electron chi connectivity index (χ2n) is 7.21. The van der Waals surface area contributed by atoms with Crippen LogP contribution in [-0.4, -0.2) is 82.8 Å². The Balaban J connectivity index is 1.92. The number of hydrogen-bond donors (Lipinski definition) is 1. The number of aliphatic carboxylic acids is 1. The number of likely N-dealkylation sites (tertiary alicyclic amines) is 2. The molecular formula is C18H29N3O5. The van der Waals surface area contributed by atoms with Crippen molar-refractivity contribution in [1.82, 2.24) is 14.7 Å². The zero-order chi connectivity index (χ0) is 19.3. The molecule has 146 valence electrons. The van der Waals surface area contributed by atoms with Crippen molar-refractivity contribution in [1.29, 1.82) is 0 Å². The fourth-order valence-electron chi connectivity index (χ4n) is 3.72. The van der Waals surface area contributed by atoms with Crippen LogP contribution in [0, 0.1) is 5.92 Å². The number of amides is 3. The van der Waals surface area contributed by atoms with Gasteiger partial charge in [0, 0.05) is 33.1 Å². The molecule has 2 saturated heterocycles. The molecule has 2 fully saturated rings. The van der Waals surface area contributed by atoms with Crippen molar-refractivity contribution in [3.63, 3.8) is 0 Å². The summed E-state index contributed by atoms with van der Waals surface area (Å²) >= 11 is 0. The SMILES string of the molecule is CCCC(=O)N1CCCC1C(=O)N(C)CC(=O)N1CCCC(C(=O)O)C1. The number of carbonyl (C=O) groups excluding carboxylic acids is 3. The first-order valence-electron chi connectivity index (χ1n) is 9.40. The summed E-state index contributed by atoms with van der Waals surface area (Å²) in [6.45, 7) is 3.15. The molecule has 0 aromatic heterocycles. The van der Waals surface area contributed by atoms with E-state index in [4.69, 9.17) is 5.11 Å². The Morgan fingerprint density at radius 1 is 1.08 bits per heavy atom. The molecule has 2 unspecified atom stereocenters. The van der Waals surface area contributed by atoms with Crippen LogP contribution in [0.3, 0.4) is 0 Å². The quantitative estimate of drug-likeness (QED) is 0.740. The van der Waals surface area contributed by atoms with Gasteiger partial charge in [0.2, 0.25) is 17.7 Å². The van der Waals surface area contributed by atoms with Crippen molar-refractivity contribution in [2.45, 2.75) is 51.5 Å². The van der Waals surface area contributed by atoms with Crippen LogP contribution >= 0.6 is 0 Å². The molecule has 0 radical (unpaired) electrons. The first kappa shape index (κ1) is 20.2. The highest BCUT2D eigenvalue weighted by atomic mass is 16.4. The van der Waals surface area contributed by atoms with Crippen LogP contribution in [0.1, 0.15) is 45.4 Å². The second-order valence-corrected chi connectivity index (χ2v) is 7.21. The third kappa shape index (κ3) is 4.74. The summed E-state index contributed by atoms with van der Waals surface area (Å²) in [4.78, 5) is 53.0. The molecule has 0 spiro atoms. The van der Waals surface area contributed by atoms with Crippen LogP contribution in [0.2, 0.25) is 0 Å². The smallest absolute Gasteiger partial charge is 0.308 e. The lowest BCUT2D eigenvalue weighted by Gasteiger charge is -2.33. The molecule has 26 heavy (non-hydrogen) atoms. The number of carboxylic acids is 1. The van der Waals surface area contributed by atoms with Gasteiger partial charge in [-0.1, -0.05) is 6.92 Å². The molecule has 8 nitrogen and oxygen atoms in total. The van der Waals surface area contributed by atoms with Crippen molar-refractivity contribution in [2.75, 3.05) is 33.2 Å². The van der Waals surface area contributed by atoms with Gasteiger partial charge < -0.3 is 19.8 Å². The third-order valence-electron chi connectivity index (χ3n) is 5.19. The average molecular weight is 367 g/mol. The molecule has 2 aliphatic heterocycles. The molecular weight excluding hydrogens is 338 g/mol. The highest BCUT2D eigenvalue weighted by Gasteiger charge is 2.36. The van der Waals surface area contributed by atoms with Gasteiger partial charge in [0.1, 0.15) is 6.04 Å². The van der Waals surface area contributed by atoms with Gasteiger partial charge in [-0.2, -0.15) is 0 Å². The van der Waals surface area contributed by atoms with Gasteiger partial charge >= 0.3 is 5.97 Å². The molecule has 0 saturated carbocycles. The Kier molecular flexibility index (Phi) is 6.99. The molecule has 0 aromatic rings. The largest absolute Gasteiger partial charge is 0.481 e. The van der Waals surface area contributed by atoms with Crippen molar-refractivity contribution in [2.24, 2.45) is 5.92 Å². The highest BCUT2D eigenvalue weighted by Crippen LogP contribution is 2.21. The minimum atomic E-state index is -0.886. The van der Waals surface area contributed by atoms with E-state index in [0.29, 0.717) is 38.8 Å². The fourth-order valence-corrected chi connectivity index (χ4v) is 3.72. The minimum absolute atomic E-state index is 0.0107. The van der Waals surface area contributed by atoms with E-state index in [9.17, 15) is 19.2 Å². The van der Waals surface area contributed by atoms with E-state index in [2.05, 4.69) is 0 Å². The van der Waals surface area contributed by atoms with E-state index in [0.717, 1.165) is 12.8 Å². The summed E-state index contributed by atoms with van der Waals surface area (Å²) in [5.41, 5.74) is 0. The van der Waals surface area contributed by atoms with Crippen molar-refractivity contribution in [3.8, 4) is 0 Å². The standard InChI is InChI=1S/C18H29N3O5/c1-3-6-15(22)21-10-5-8-14(21)17(24)19(2)12-16(23)20-9-4-7-13(11-20)18(25)26/h13-14H,3-12H2,1-2H3,(H,25,26). The zero-order valence-electron chi connectivity index (χ0n) is 15.6. The van der Waals surface area contributed by atoms with Crippen LogP contribution in [0.5, 0.6) is 0 Å². The molecule has 2 aliphatic rings. The molecule has 2 rings (SSSR count). The number of likely N-dealkylation sites (N-methyl/N-ethyl adjacent to an activating group) is 1. The lowest BCUT2D eigenvalue weighted by atomic mass is 9.98. The summed E-state index contributed by atoms with van der Waals surface area (Å²) in [7, 11) is 1.57. The number of piperidine rings is 1. The Bertz CT molecular complexity index is 565. The van der Waals surface area contributed by atoms with E-state index >= 15 is 0 Å². The van der Waals surface area contributed by atoms with E-state index in [1.165, 1.54) is 9.80 Å². The molecule has 2 atom stereocenters. The lowest BCUT2D eigenvalue weighted by molar-refractivity contribution is -0.148. The summed E-state index contributed by atoms with van der Waals surface area (Å²) in [6, 6.07) is -0.486. The summed E-state index contributed by atoms with van der Waals surface area (Å²) in [5, 5.41) is 9.14. The van der Waals surface area contributed by atoms with Crippen LogP contribution in [0.25, 0.3) is 0 Å². The summed E-state index contributed by atoms with van der Waals surface area (Å²) in [6.07, 6.45) is 3.81. The van der Waals surface area contributed by atoms with Gasteiger partial charge in [-0.25, -0.2) is 0 Å². The van der Waals surface area contributed by atoms with Gasteiger partial charge in [-0.15, -0.1) is 0 Å². The molecule has 2 heterocycles. The maximum atomic E-state index is 12.7. The first-order valence-corrected chi connectivity index (χ1v) is 9.40. The monoisotopic (exact) mass is 367 g/mol. The highest BCUT2D eigenvalue weighted by molar-refractivity contribution is 5.91. The predicted molar refractivity (Wildman–Crippen MR) is 94.2 cm³/mol. The van der Waals surface area contributed by atoms with Crippen LogP contribution < -0.4 is 0 Å². The lowest BCUT2D eigenvalue weighted by Crippen LogP contribution is -2.51. The predicted octanol–water partition coefficient (Wildman–Crippen LogP) is 0.559. The van der Waals surface area contributed by atoms with Crippen molar-refractivity contribution in [3.05, 3.63) is 0 Å². The number of rotatable bonds is 6. The van der Waals surface area contributed by atoms with E-state index in [-0.39, 0.29) is 30.8 Å². The van der Waals surface area contributed by atoms with Gasteiger partial charge in [0.05, 0.1) is 12.5 Å². The van der Waals surface area contributed by atoms with Gasteiger partial charge in [0.15, 0.2) is 0 Å². The number of carboxylic acid groups (broad SMARTS) is 1. The van der Waals surface area contributed by atoms with Crippen LogP contribution in [0.4, 0.5) is 0 Å². The van der Waals surface area contributed by atoms with E-state index < -0.39 is 17.9 Å². The molecule has 1 N–H and O–H groups in total. The minimum Gasteiger partial charge on any atom is -0.481 e. The molecule has 3 amide bonds. The Morgan fingerprint density at radius 3 is 2.42 bits per heavy atom. The van der Waals surface area contributed by atoms with Crippen molar-refractivity contribution < 1.29 is 24.3 Å².